The molecule has 0 saturated heterocycles. The number of carbonyl (C=O) groups is 1. The van der Waals surface area contributed by atoms with E-state index < -0.39 is 0 Å². The summed E-state index contributed by atoms with van der Waals surface area (Å²) in [6.45, 7) is 0. The number of hydrogen-bond acceptors (Lipinski definition) is 2. The minimum absolute atomic E-state index is 0.148. The number of nitrogens with one attached hydrogen (secondary N) is 1. The van der Waals surface area contributed by atoms with Crippen LogP contribution in [0.3, 0.4) is 0 Å². The second-order valence-electron chi connectivity index (χ2n) is 4.79. The number of nitrogens with zero attached hydrogens (tertiary/aromatic N) is 1. The molecule has 1 saturated carbocycles. The van der Waals surface area contributed by atoms with Gasteiger partial charge in [0.1, 0.15) is 0 Å². The highest BCUT2D eigenvalue weighted by atomic mass is 79.9. The molecule has 5 heteroatoms. The summed E-state index contributed by atoms with van der Waals surface area (Å²) in [6, 6.07) is 3.28. The molecule has 1 amide bonds. The smallest absolute Gasteiger partial charge is 0.251 e. The lowest BCUT2D eigenvalue weighted by Gasteiger charge is -2.19. The summed E-state index contributed by atoms with van der Waals surface area (Å²) in [5.41, 5.74) is 0.282. The van der Waals surface area contributed by atoms with E-state index in [0.29, 0.717) is 11.5 Å². The average Bonchev–Trinajstić information content (AvgIpc) is 2.79. The van der Waals surface area contributed by atoms with E-state index >= 15 is 0 Å². The van der Waals surface area contributed by atoms with E-state index in [1.54, 1.807) is 19.3 Å². The van der Waals surface area contributed by atoms with Crippen LogP contribution in [0, 0.1) is 5.92 Å². The average molecular weight is 313 g/mol. The first-order chi connectivity index (χ1) is 8.61. The third-order valence-electron chi connectivity index (χ3n) is 3.54. The van der Waals surface area contributed by atoms with Gasteiger partial charge in [-0.25, -0.2) is 0 Å². The van der Waals surface area contributed by atoms with Crippen LogP contribution in [0.5, 0.6) is 0 Å². The Morgan fingerprint density at radius 1 is 1.56 bits per heavy atom. The van der Waals surface area contributed by atoms with Gasteiger partial charge in [0.15, 0.2) is 0 Å². The minimum Gasteiger partial charge on any atom is -0.349 e. The second-order valence-corrected chi connectivity index (χ2v) is 5.44. The maximum atomic E-state index is 12.1. The van der Waals surface area contributed by atoms with Crippen LogP contribution in [0.15, 0.2) is 23.1 Å². The van der Waals surface area contributed by atoms with Gasteiger partial charge in [-0.15, -0.1) is 0 Å². The van der Waals surface area contributed by atoms with E-state index in [-0.39, 0.29) is 17.5 Å². The molecule has 0 spiro atoms. The number of rotatable bonds is 3. The van der Waals surface area contributed by atoms with Crippen LogP contribution in [0.25, 0.3) is 0 Å². The Balaban J connectivity index is 2.07. The molecule has 98 valence electrons. The summed E-state index contributed by atoms with van der Waals surface area (Å²) < 4.78 is 1.45. The topological polar surface area (TPSA) is 51.1 Å². The fraction of sp³-hybridized carbons (Fsp3) is 0.538. The number of aromatic nitrogens is 1. The Kier molecular flexibility index (Phi) is 4.22. The van der Waals surface area contributed by atoms with E-state index in [1.807, 2.05) is 0 Å². The van der Waals surface area contributed by atoms with Gasteiger partial charge in [-0.1, -0.05) is 22.4 Å². The van der Waals surface area contributed by atoms with Crippen molar-refractivity contribution in [2.75, 3.05) is 5.33 Å². The molecule has 0 radical (unpaired) electrons. The largest absolute Gasteiger partial charge is 0.349 e. The molecule has 2 unspecified atom stereocenters. The summed E-state index contributed by atoms with van der Waals surface area (Å²) in [5.74, 6) is 0.353. The Hall–Kier alpha value is -1.10. The van der Waals surface area contributed by atoms with Crippen molar-refractivity contribution < 1.29 is 4.79 Å². The SMILES string of the molecule is Cn1ccc(C(=O)NC2CCCC2CBr)cc1=O. The number of aryl methyl sites for hydroxylation is 1. The van der Waals surface area contributed by atoms with E-state index in [0.717, 1.165) is 24.6 Å². The summed E-state index contributed by atoms with van der Waals surface area (Å²) in [4.78, 5) is 23.5. The second kappa shape index (κ2) is 5.69. The summed E-state index contributed by atoms with van der Waals surface area (Å²) in [5, 5.41) is 3.94. The van der Waals surface area contributed by atoms with Crippen LogP contribution < -0.4 is 10.9 Å². The van der Waals surface area contributed by atoms with Gasteiger partial charge in [0.05, 0.1) is 0 Å². The molecule has 1 N–H and O–H groups in total. The summed E-state index contributed by atoms with van der Waals surface area (Å²) >= 11 is 3.48. The quantitative estimate of drug-likeness (QED) is 0.863. The molecule has 1 aliphatic rings. The first kappa shape index (κ1) is 13.3. The van der Waals surface area contributed by atoms with Gasteiger partial charge in [0, 0.05) is 36.2 Å². The standard InChI is InChI=1S/C13H17BrN2O2/c1-16-6-5-9(7-12(16)17)13(18)15-11-4-2-3-10(11)8-14/h5-7,10-11H,2-4,8H2,1H3,(H,15,18). The summed E-state index contributed by atoms with van der Waals surface area (Å²) in [7, 11) is 1.67. The van der Waals surface area contributed by atoms with Crippen molar-refractivity contribution in [2.24, 2.45) is 13.0 Å². The van der Waals surface area contributed by atoms with Crippen molar-refractivity contribution in [3.8, 4) is 0 Å². The molecule has 2 atom stereocenters. The fourth-order valence-corrected chi connectivity index (χ4v) is 3.13. The Morgan fingerprint density at radius 2 is 2.33 bits per heavy atom. The maximum Gasteiger partial charge on any atom is 0.251 e. The molecule has 0 bridgehead atoms. The molecule has 1 aromatic rings. The van der Waals surface area contributed by atoms with Crippen LogP contribution in [0.2, 0.25) is 0 Å². The highest BCUT2D eigenvalue weighted by Gasteiger charge is 2.27. The van der Waals surface area contributed by atoms with Gasteiger partial charge in [-0.3, -0.25) is 9.59 Å². The molecule has 1 aromatic heterocycles. The predicted octanol–water partition coefficient (Wildman–Crippen LogP) is 1.68. The third-order valence-corrected chi connectivity index (χ3v) is 4.37. The van der Waals surface area contributed by atoms with Gasteiger partial charge >= 0.3 is 0 Å². The molecule has 1 fully saturated rings. The van der Waals surface area contributed by atoms with Gasteiger partial charge in [-0.05, 0) is 24.8 Å². The van der Waals surface area contributed by atoms with E-state index in [9.17, 15) is 9.59 Å². The van der Waals surface area contributed by atoms with E-state index in [2.05, 4.69) is 21.2 Å². The van der Waals surface area contributed by atoms with Gasteiger partial charge in [0.25, 0.3) is 11.5 Å². The molecule has 18 heavy (non-hydrogen) atoms. The molecular formula is C13H17BrN2O2. The van der Waals surface area contributed by atoms with Crippen LogP contribution in [-0.4, -0.2) is 21.8 Å². The Bertz CT molecular complexity index is 498. The van der Waals surface area contributed by atoms with Crippen molar-refractivity contribution >= 4 is 21.8 Å². The number of pyridine rings is 1. The zero-order valence-corrected chi connectivity index (χ0v) is 11.9. The number of halogens is 1. The van der Waals surface area contributed by atoms with Gasteiger partial charge < -0.3 is 9.88 Å². The zero-order chi connectivity index (χ0) is 13.1. The number of amides is 1. The highest BCUT2D eigenvalue weighted by molar-refractivity contribution is 9.09. The van der Waals surface area contributed by atoms with Crippen LogP contribution in [0.4, 0.5) is 0 Å². The molecule has 1 aliphatic carbocycles. The maximum absolute atomic E-state index is 12.1. The molecular weight excluding hydrogens is 296 g/mol. The van der Waals surface area contributed by atoms with Gasteiger partial charge in [-0.2, -0.15) is 0 Å². The van der Waals surface area contributed by atoms with Crippen molar-refractivity contribution in [3.63, 3.8) is 0 Å². The molecule has 2 rings (SSSR count). The number of carbonyl (C=O) groups excluding carboxylic acids is 1. The monoisotopic (exact) mass is 312 g/mol. The lowest BCUT2D eigenvalue weighted by molar-refractivity contribution is 0.0930. The van der Waals surface area contributed by atoms with Gasteiger partial charge in [0.2, 0.25) is 0 Å². The molecule has 0 aromatic carbocycles. The lowest BCUT2D eigenvalue weighted by atomic mass is 10.1. The lowest BCUT2D eigenvalue weighted by Crippen LogP contribution is -2.38. The highest BCUT2D eigenvalue weighted by Crippen LogP contribution is 2.27. The van der Waals surface area contributed by atoms with Crippen molar-refractivity contribution in [1.29, 1.82) is 0 Å². The van der Waals surface area contributed by atoms with Crippen molar-refractivity contribution in [1.82, 2.24) is 9.88 Å². The zero-order valence-electron chi connectivity index (χ0n) is 10.4. The summed E-state index contributed by atoms with van der Waals surface area (Å²) in [6.07, 6.45) is 4.94. The molecule has 1 heterocycles. The van der Waals surface area contributed by atoms with E-state index in [4.69, 9.17) is 0 Å². The third kappa shape index (κ3) is 2.83. The number of alkyl halides is 1. The molecule has 0 aliphatic heterocycles. The minimum atomic E-state index is -0.161. The van der Waals surface area contributed by atoms with Crippen molar-refractivity contribution in [3.05, 3.63) is 34.2 Å². The van der Waals surface area contributed by atoms with Crippen LogP contribution in [-0.2, 0) is 7.05 Å². The molecule has 4 nitrogen and oxygen atoms in total. The Labute approximate surface area is 115 Å². The fourth-order valence-electron chi connectivity index (χ4n) is 2.35. The van der Waals surface area contributed by atoms with Crippen LogP contribution >= 0.6 is 15.9 Å². The normalized spacial score (nSPS) is 23.0. The van der Waals surface area contributed by atoms with Crippen molar-refractivity contribution in [2.45, 2.75) is 25.3 Å². The Morgan fingerprint density at radius 3 is 3.00 bits per heavy atom. The van der Waals surface area contributed by atoms with Crippen LogP contribution in [0.1, 0.15) is 29.6 Å². The predicted molar refractivity (Wildman–Crippen MR) is 74.1 cm³/mol. The van der Waals surface area contributed by atoms with E-state index in [1.165, 1.54) is 10.6 Å². The first-order valence-electron chi connectivity index (χ1n) is 6.15. The number of hydrogen-bond donors (Lipinski definition) is 1. The first-order valence-corrected chi connectivity index (χ1v) is 7.27.